The van der Waals surface area contributed by atoms with Crippen molar-refractivity contribution in [3.05, 3.63) is 29.3 Å². The van der Waals surface area contributed by atoms with Gasteiger partial charge in [-0.2, -0.15) is 0 Å². The molecule has 0 radical (unpaired) electrons. The third-order valence-corrected chi connectivity index (χ3v) is 5.11. The average molecular weight is 349 g/mol. The Morgan fingerprint density at radius 1 is 1.24 bits per heavy atom. The van der Waals surface area contributed by atoms with E-state index in [-0.39, 0.29) is 25.0 Å². The van der Waals surface area contributed by atoms with Crippen molar-refractivity contribution in [2.45, 2.75) is 37.9 Å². The predicted octanol–water partition coefficient (Wildman–Crippen LogP) is 0.771. The number of ether oxygens (including phenoxy) is 2. The van der Waals surface area contributed by atoms with Crippen LogP contribution < -0.4 is 4.74 Å². The van der Waals surface area contributed by atoms with Crippen LogP contribution in [0.5, 0.6) is 5.75 Å². The Hall–Kier alpha value is -1.63. The second-order valence-corrected chi connectivity index (χ2v) is 7.06. The highest BCUT2D eigenvalue weighted by atomic mass is 16.5. The van der Waals surface area contributed by atoms with E-state index < -0.39 is 12.2 Å². The van der Waals surface area contributed by atoms with Crippen LogP contribution in [-0.4, -0.2) is 66.6 Å². The summed E-state index contributed by atoms with van der Waals surface area (Å²) in [4.78, 5) is 13.8. The number of aliphatic hydroxyl groups excluding tert-OH is 2. The maximum atomic E-state index is 12.3. The van der Waals surface area contributed by atoms with Crippen LogP contribution in [0.2, 0.25) is 0 Å². The highest BCUT2D eigenvalue weighted by molar-refractivity contribution is 5.77. The molecule has 1 aliphatic carbocycles. The number of aliphatic hydroxyl groups is 2. The van der Waals surface area contributed by atoms with Crippen LogP contribution in [0.25, 0.3) is 0 Å². The molecule has 1 amide bonds. The lowest BCUT2D eigenvalue weighted by atomic mass is 9.92. The fourth-order valence-corrected chi connectivity index (χ4v) is 3.52. The summed E-state index contributed by atoms with van der Waals surface area (Å²) in [6.07, 6.45) is 2.87. The van der Waals surface area contributed by atoms with E-state index in [4.69, 9.17) is 9.47 Å². The SMILES string of the molecule is CN(C[C@@H]1COC[C@@H](O)[C@H]1O)C(=O)COc1ccc2c(c1)CCCC2. The molecule has 0 spiro atoms. The van der Waals surface area contributed by atoms with E-state index in [1.54, 1.807) is 7.05 Å². The van der Waals surface area contributed by atoms with Gasteiger partial charge in [0.25, 0.3) is 5.91 Å². The van der Waals surface area contributed by atoms with Crippen LogP contribution >= 0.6 is 0 Å². The number of likely N-dealkylation sites (N-methyl/N-ethyl adjacent to an activating group) is 1. The molecule has 0 bridgehead atoms. The van der Waals surface area contributed by atoms with Crippen LogP contribution in [0, 0.1) is 5.92 Å². The molecule has 138 valence electrons. The summed E-state index contributed by atoms with van der Waals surface area (Å²) in [6, 6.07) is 6.05. The van der Waals surface area contributed by atoms with Gasteiger partial charge in [-0.05, 0) is 48.9 Å². The molecule has 1 aromatic carbocycles. The molecule has 25 heavy (non-hydrogen) atoms. The van der Waals surface area contributed by atoms with E-state index in [9.17, 15) is 15.0 Å². The first kappa shape index (κ1) is 18.2. The summed E-state index contributed by atoms with van der Waals surface area (Å²) in [6.45, 7) is 0.754. The lowest BCUT2D eigenvalue weighted by molar-refractivity contribution is -0.141. The molecule has 3 rings (SSSR count). The van der Waals surface area contributed by atoms with Gasteiger partial charge in [-0.1, -0.05) is 6.07 Å². The lowest BCUT2D eigenvalue weighted by Crippen LogP contribution is -2.49. The van der Waals surface area contributed by atoms with Gasteiger partial charge >= 0.3 is 0 Å². The zero-order valence-corrected chi connectivity index (χ0v) is 14.7. The molecular weight excluding hydrogens is 322 g/mol. The third-order valence-electron chi connectivity index (χ3n) is 5.11. The molecule has 1 aliphatic heterocycles. The summed E-state index contributed by atoms with van der Waals surface area (Å²) in [7, 11) is 1.67. The van der Waals surface area contributed by atoms with Crippen molar-refractivity contribution in [3.63, 3.8) is 0 Å². The number of benzene rings is 1. The number of hydrogen-bond donors (Lipinski definition) is 2. The van der Waals surface area contributed by atoms with Gasteiger partial charge in [0.2, 0.25) is 0 Å². The molecule has 2 aliphatic rings. The van der Waals surface area contributed by atoms with Gasteiger partial charge in [0.1, 0.15) is 11.9 Å². The standard InChI is InChI=1S/C19H27NO5/c1-20(9-15-10-24-11-17(21)19(15)23)18(22)12-25-16-7-6-13-4-2-3-5-14(13)8-16/h6-8,15,17,19,21,23H,2-5,9-12H2,1H3/t15-,17-,19+/m1/s1. The number of fused-ring (bicyclic) bond motifs is 1. The first-order chi connectivity index (χ1) is 12.0. The van der Waals surface area contributed by atoms with Gasteiger partial charge in [0, 0.05) is 19.5 Å². The highest BCUT2D eigenvalue weighted by Gasteiger charge is 2.32. The molecule has 1 aromatic rings. The quantitative estimate of drug-likeness (QED) is 0.821. The monoisotopic (exact) mass is 349 g/mol. The van der Waals surface area contributed by atoms with Gasteiger partial charge in [-0.25, -0.2) is 0 Å². The minimum Gasteiger partial charge on any atom is -0.484 e. The number of aryl methyl sites for hydroxylation is 2. The van der Waals surface area contributed by atoms with E-state index in [1.807, 2.05) is 12.1 Å². The molecule has 0 aromatic heterocycles. The summed E-state index contributed by atoms with van der Waals surface area (Å²) in [5.74, 6) is 0.269. The van der Waals surface area contributed by atoms with E-state index in [1.165, 1.54) is 28.9 Å². The second-order valence-electron chi connectivity index (χ2n) is 7.06. The number of hydrogen-bond acceptors (Lipinski definition) is 5. The van der Waals surface area contributed by atoms with Crippen molar-refractivity contribution in [1.82, 2.24) is 4.90 Å². The van der Waals surface area contributed by atoms with Crippen molar-refractivity contribution in [1.29, 1.82) is 0 Å². The van der Waals surface area contributed by atoms with Crippen LogP contribution in [0.15, 0.2) is 18.2 Å². The fraction of sp³-hybridized carbons (Fsp3) is 0.632. The largest absolute Gasteiger partial charge is 0.484 e. The number of nitrogens with zero attached hydrogens (tertiary/aromatic N) is 1. The third kappa shape index (κ3) is 4.51. The maximum Gasteiger partial charge on any atom is 0.260 e. The zero-order chi connectivity index (χ0) is 17.8. The predicted molar refractivity (Wildman–Crippen MR) is 92.5 cm³/mol. The van der Waals surface area contributed by atoms with E-state index in [0.717, 1.165) is 18.6 Å². The van der Waals surface area contributed by atoms with E-state index in [2.05, 4.69) is 6.07 Å². The van der Waals surface area contributed by atoms with Crippen LogP contribution in [0.1, 0.15) is 24.0 Å². The van der Waals surface area contributed by atoms with Gasteiger partial charge in [0.15, 0.2) is 6.61 Å². The Balaban J connectivity index is 1.50. The van der Waals surface area contributed by atoms with Crippen molar-refractivity contribution in [3.8, 4) is 5.75 Å². The molecule has 0 unspecified atom stereocenters. The molecule has 1 saturated heterocycles. The van der Waals surface area contributed by atoms with Gasteiger partial charge < -0.3 is 24.6 Å². The van der Waals surface area contributed by atoms with Gasteiger partial charge in [-0.15, -0.1) is 0 Å². The molecule has 2 N–H and O–H groups in total. The fourth-order valence-electron chi connectivity index (χ4n) is 3.52. The molecule has 3 atom stereocenters. The zero-order valence-electron chi connectivity index (χ0n) is 14.7. The Labute approximate surface area is 148 Å². The van der Waals surface area contributed by atoms with Crippen LogP contribution in [0.4, 0.5) is 0 Å². The summed E-state index contributed by atoms with van der Waals surface area (Å²) < 4.78 is 10.9. The van der Waals surface area contributed by atoms with Crippen LogP contribution in [-0.2, 0) is 22.4 Å². The van der Waals surface area contributed by atoms with Gasteiger partial charge in [0.05, 0.1) is 19.3 Å². The summed E-state index contributed by atoms with van der Waals surface area (Å²) in [5, 5.41) is 19.6. The first-order valence-corrected chi connectivity index (χ1v) is 8.97. The number of amides is 1. The highest BCUT2D eigenvalue weighted by Crippen LogP contribution is 2.25. The number of carbonyl (C=O) groups is 1. The van der Waals surface area contributed by atoms with E-state index >= 15 is 0 Å². The van der Waals surface area contributed by atoms with Crippen molar-refractivity contribution >= 4 is 5.91 Å². The Morgan fingerprint density at radius 2 is 2.00 bits per heavy atom. The summed E-state index contributed by atoms with van der Waals surface area (Å²) in [5.41, 5.74) is 2.70. The topological polar surface area (TPSA) is 79.2 Å². The van der Waals surface area contributed by atoms with Gasteiger partial charge in [-0.3, -0.25) is 4.79 Å². The lowest BCUT2D eigenvalue weighted by Gasteiger charge is -2.34. The normalized spacial score (nSPS) is 26.0. The molecule has 1 fully saturated rings. The Morgan fingerprint density at radius 3 is 2.80 bits per heavy atom. The number of carbonyl (C=O) groups excluding carboxylic acids is 1. The van der Waals surface area contributed by atoms with Crippen molar-refractivity contribution in [2.75, 3.05) is 33.4 Å². The average Bonchev–Trinajstić information content (AvgIpc) is 2.63. The van der Waals surface area contributed by atoms with Crippen molar-refractivity contribution < 1.29 is 24.5 Å². The maximum absolute atomic E-state index is 12.3. The van der Waals surface area contributed by atoms with Crippen molar-refractivity contribution in [2.24, 2.45) is 5.92 Å². The molecule has 6 heteroatoms. The molecular formula is C19H27NO5. The first-order valence-electron chi connectivity index (χ1n) is 8.97. The Kier molecular flexibility index (Phi) is 5.93. The van der Waals surface area contributed by atoms with Crippen LogP contribution in [0.3, 0.4) is 0 Å². The molecule has 0 saturated carbocycles. The minimum absolute atomic E-state index is 0.0402. The summed E-state index contributed by atoms with van der Waals surface area (Å²) >= 11 is 0. The second kappa shape index (κ2) is 8.17. The Bertz CT molecular complexity index is 605. The van der Waals surface area contributed by atoms with E-state index in [0.29, 0.717) is 13.2 Å². The molecule has 6 nitrogen and oxygen atoms in total. The molecule has 1 heterocycles. The minimum atomic E-state index is -0.894. The smallest absolute Gasteiger partial charge is 0.260 e. The number of rotatable bonds is 5.